The van der Waals surface area contributed by atoms with Crippen LogP contribution in [0.3, 0.4) is 0 Å². The van der Waals surface area contributed by atoms with Crippen molar-refractivity contribution in [3.8, 4) is 5.75 Å². The maximum absolute atomic E-state index is 6.01. The van der Waals surface area contributed by atoms with E-state index in [1.54, 1.807) is 7.11 Å². The van der Waals surface area contributed by atoms with Gasteiger partial charge in [0.2, 0.25) is 0 Å². The van der Waals surface area contributed by atoms with Crippen molar-refractivity contribution in [3.63, 3.8) is 0 Å². The van der Waals surface area contributed by atoms with E-state index in [1.807, 2.05) is 30.3 Å². The summed E-state index contributed by atoms with van der Waals surface area (Å²) in [6, 6.07) is 8.05. The molecule has 0 bridgehead atoms. The summed E-state index contributed by atoms with van der Waals surface area (Å²) in [4.78, 5) is 2.29. The summed E-state index contributed by atoms with van der Waals surface area (Å²) in [5, 5.41) is 3.41. The van der Waals surface area contributed by atoms with Crippen LogP contribution in [0.2, 0.25) is 0 Å². The fourth-order valence-electron chi connectivity index (χ4n) is 2.21. The minimum absolute atomic E-state index is 0.159. The number of anilines is 1. The Hall–Kier alpha value is -1.52. The predicted molar refractivity (Wildman–Crippen MR) is 77.9 cm³/mol. The Bertz CT molecular complexity index is 409. The first-order chi connectivity index (χ1) is 9.33. The third kappa shape index (κ3) is 3.98. The number of methoxy groups -OCH3 is 1. The summed E-state index contributed by atoms with van der Waals surface area (Å²) in [5.74, 6) is 0.934. The normalized spacial score (nSPS) is 17.5. The highest BCUT2D eigenvalue weighted by Gasteiger charge is 2.20. The molecule has 1 aliphatic heterocycles. The summed E-state index contributed by atoms with van der Waals surface area (Å²) >= 11 is 0. The molecule has 0 radical (unpaired) electrons. The topological polar surface area (TPSA) is 33.7 Å². The Morgan fingerprint density at radius 2 is 2.37 bits per heavy atom. The second-order valence-corrected chi connectivity index (χ2v) is 4.66. The second-order valence-electron chi connectivity index (χ2n) is 4.66. The van der Waals surface area contributed by atoms with Crippen LogP contribution in [0.4, 0.5) is 5.69 Å². The van der Waals surface area contributed by atoms with Gasteiger partial charge in [-0.3, -0.25) is 4.90 Å². The fourth-order valence-corrected chi connectivity index (χ4v) is 2.21. The lowest BCUT2D eigenvalue weighted by Gasteiger charge is -2.31. The average molecular weight is 262 g/mol. The molecule has 1 aliphatic rings. The molecule has 4 nitrogen and oxygen atoms in total. The number of nitrogens with zero attached hydrogens (tertiary/aromatic N) is 1. The maximum atomic E-state index is 6.01. The molecule has 0 saturated carbocycles. The minimum Gasteiger partial charge on any atom is -0.485 e. The second kappa shape index (κ2) is 7.16. The largest absolute Gasteiger partial charge is 0.485 e. The van der Waals surface area contributed by atoms with Gasteiger partial charge in [-0.05, 0) is 12.1 Å². The Kier molecular flexibility index (Phi) is 5.24. The van der Waals surface area contributed by atoms with Gasteiger partial charge in [-0.2, -0.15) is 0 Å². The predicted octanol–water partition coefficient (Wildman–Crippen LogP) is 1.99. The van der Waals surface area contributed by atoms with Gasteiger partial charge < -0.3 is 14.8 Å². The lowest BCUT2D eigenvalue weighted by atomic mass is 10.2. The number of ether oxygens (including phenoxy) is 2. The quantitative estimate of drug-likeness (QED) is 0.762. The van der Waals surface area contributed by atoms with Crippen molar-refractivity contribution in [2.75, 3.05) is 45.2 Å². The highest BCUT2D eigenvalue weighted by molar-refractivity contribution is 5.57. The molecular weight excluding hydrogens is 240 g/mol. The number of hydrogen-bond donors (Lipinski definition) is 1. The lowest BCUT2D eigenvalue weighted by molar-refractivity contribution is 0.111. The molecular formula is C15H22N2O2. The smallest absolute Gasteiger partial charge is 0.142 e. The first-order valence-electron chi connectivity index (χ1n) is 6.65. The lowest BCUT2D eigenvalue weighted by Crippen LogP contribution is -2.42. The monoisotopic (exact) mass is 262 g/mol. The summed E-state index contributed by atoms with van der Waals surface area (Å²) in [6.45, 7) is 7.97. The Labute approximate surface area is 115 Å². The minimum atomic E-state index is 0.159. The molecule has 1 unspecified atom stereocenters. The third-order valence-corrected chi connectivity index (χ3v) is 3.16. The van der Waals surface area contributed by atoms with Crippen molar-refractivity contribution < 1.29 is 9.47 Å². The highest BCUT2D eigenvalue weighted by Crippen LogP contribution is 2.28. The van der Waals surface area contributed by atoms with Crippen molar-refractivity contribution in [1.82, 2.24) is 4.90 Å². The number of para-hydroxylation sites is 2. The Balaban J connectivity index is 1.90. The molecule has 1 heterocycles. The Morgan fingerprint density at radius 1 is 1.53 bits per heavy atom. The van der Waals surface area contributed by atoms with Gasteiger partial charge in [0.1, 0.15) is 11.9 Å². The molecule has 0 aromatic heterocycles. The van der Waals surface area contributed by atoms with Crippen molar-refractivity contribution in [2.24, 2.45) is 0 Å². The van der Waals surface area contributed by atoms with E-state index in [9.17, 15) is 0 Å². The van der Waals surface area contributed by atoms with Gasteiger partial charge in [-0.25, -0.2) is 0 Å². The maximum Gasteiger partial charge on any atom is 0.142 e. The summed E-state index contributed by atoms with van der Waals surface area (Å²) in [7, 11) is 1.72. The fraction of sp³-hybridized carbons (Fsp3) is 0.467. The van der Waals surface area contributed by atoms with Crippen molar-refractivity contribution in [1.29, 1.82) is 0 Å². The van der Waals surface area contributed by atoms with Gasteiger partial charge in [-0.1, -0.05) is 18.2 Å². The van der Waals surface area contributed by atoms with Gasteiger partial charge in [0.05, 0.1) is 18.8 Å². The van der Waals surface area contributed by atoms with E-state index in [-0.39, 0.29) is 6.10 Å². The number of nitrogens with one attached hydrogen (secondary N) is 1. The molecule has 19 heavy (non-hydrogen) atoms. The highest BCUT2D eigenvalue weighted by atomic mass is 16.5. The molecule has 0 aliphatic carbocycles. The SMILES string of the molecule is C=CCN(CCOC)CC1CNc2ccccc2O1. The van der Waals surface area contributed by atoms with E-state index in [2.05, 4.69) is 16.8 Å². The van der Waals surface area contributed by atoms with Crippen LogP contribution in [0.15, 0.2) is 36.9 Å². The van der Waals surface area contributed by atoms with Crippen LogP contribution >= 0.6 is 0 Å². The van der Waals surface area contributed by atoms with Crippen LogP contribution in [0.1, 0.15) is 0 Å². The molecule has 1 atom stereocenters. The van der Waals surface area contributed by atoms with Crippen LogP contribution in [0.5, 0.6) is 5.75 Å². The number of hydrogen-bond acceptors (Lipinski definition) is 4. The zero-order valence-corrected chi connectivity index (χ0v) is 11.5. The molecule has 0 spiro atoms. The van der Waals surface area contributed by atoms with E-state index < -0.39 is 0 Å². The molecule has 1 aromatic rings. The number of fused-ring (bicyclic) bond motifs is 1. The van der Waals surface area contributed by atoms with Gasteiger partial charge in [0.15, 0.2) is 0 Å². The van der Waals surface area contributed by atoms with Crippen LogP contribution in [-0.4, -0.2) is 50.9 Å². The van der Waals surface area contributed by atoms with Crippen LogP contribution in [-0.2, 0) is 4.74 Å². The molecule has 4 heteroatoms. The van der Waals surface area contributed by atoms with Crippen LogP contribution < -0.4 is 10.1 Å². The zero-order chi connectivity index (χ0) is 13.5. The zero-order valence-electron chi connectivity index (χ0n) is 11.5. The van der Waals surface area contributed by atoms with E-state index in [0.717, 1.165) is 44.2 Å². The van der Waals surface area contributed by atoms with Crippen LogP contribution in [0, 0.1) is 0 Å². The number of benzene rings is 1. The van der Waals surface area contributed by atoms with Gasteiger partial charge in [-0.15, -0.1) is 6.58 Å². The van der Waals surface area contributed by atoms with Crippen molar-refractivity contribution >= 4 is 5.69 Å². The van der Waals surface area contributed by atoms with Crippen molar-refractivity contribution in [2.45, 2.75) is 6.10 Å². The van der Waals surface area contributed by atoms with E-state index in [4.69, 9.17) is 9.47 Å². The van der Waals surface area contributed by atoms with Gasteiger partial charge in [0, 0.05) is 26.7 Å². The van der Waals surface area contributed by atoms with Crippen LogP contribution in [0.25, 0.3) is 0 Å². The van der Waals surface area contributed by atoms with Gasteiger partial charge >= 0.3 is 0 Å². The molecule has 2 rings (SSSR count). The first kappa shape index (κ1) is 13.9. The Morgan fingerprint density at radius 3 is 3.16 bits per heavy atom. The number of rotatable bonds is 7. The molecule has 104 valence electrons. The van der Waals surface area contributed by atoms with Crippen molar-refractivity contribution in [3.05, 3.63) is 36.9 Å². The summed E-state index contributed by atoms with van der Waals surface area (Å²) in [6.07, 6.45) is 2.08. The molecule has 0 amide bonds. The molecule has 0 saturated heterocycles. The molecule has 1 aromatic carbocycles. The van der Waals surface area contributed by atoms with E-state index >= 15 is 0 Å². The summed E-state index contributed by atoms with van der Waals surface area (Å²) < 4.78 is 11.1. The van der Waals surface area contributed by atoms with E-state index in [1.165, 1.54) is 0 Å². The molecule has 1 N–H and O–H groups in total. The summed E-state index contributed by atoms with van der Waals surface area (Å²) in [5.41, 5.74) is 1.07. The third-order valence-electron chi connectivity index (χ3n) is 3.16. The average Bonchev–Trinajstić information content (AvgIpc) is 2.45. The van der Waals surface area contributed by atoms with E-state index in [0.29, 0.717) is 0 Å². The van der Waals surface area contributed by atoms with Gasteiger partial charge in [0.25, 0.3) is 0 Å². The standard InChI is InChI=1S/C15H22N2O2/c1-3-8-17(9-10-18-2)12-13-11-16-14-6-4-5-7-15(14)19-13/h3-7,13,16H,1,8-12H2,2H3. The first-order valence-corrected chi connectivity index (χ1v) is 6.65. The molecule has 0 fully saturated rings.